The largest absolute Gasteiger partial charge is 0.383 e. The lowest BCUT2D eigenvalue weighted by atomic mass is 10.1. The van der Waals surface area contributed by atoms with Crippen molar-refractivity contribution in [3.63, 3.8) is 0 Å². The van der Waals surface area contributed by atoms with E-state index in [1.54, 1.807) is 18.2 Å². The maximum absolute atomic E-state index is 13.1. The number of aryl methyl sites for hydroxylation is 1. The Balaban J connectivity index is 1.99. The molecule has 0 atom stereocenters. The highest BCUT2D eigenvalue weighted by Crippen LogP contribution is 2.30. The Bertz CT molecular complexity index is 1190. The molecule has 4 N–H and O–H groups in total. The van der Waals surface area contributed by atoms with E-state index >= 15 is 0 Å². The molecule has 3 aromatic rings. The van der Waals surface area contributed by atoms with Gasteiger partial charge in [0.15, 0.2) is 0 Å². The number of rotatable bonds is 7. The monoisotopic (exact) mass is 461 g/mol. The molecular weight excluding hydrogens is 440 g/mol. The molecule has 1 aromatic heterocycles. The number of halogens is 3. The summed E-state index contributed by atoms with van der Waals surface area (Å²) in [6.45, 7) is 4.93. The van der Waals surface area contributed by atoms with E-state index < -0.39 is 17.9 Å². The van der Waals surface area contributed by atoms with Crippen molar-refractivity contribution >= 4 is 29.0 Å². The van der Waals surface area contributed by atoms with Crippen LogP contribution in [0.4, 0.5) is 20.3 Å². The van der Waals surface area contributed by atoms with E-state index in [0.717, 1.165) is 29.1 Å². The Hall–Kier alpha value is -3.30. The second-order valence-electron chi connectivity index (χ2n) is 7.08. The summed E-state index contributed by atoms with van der Waals surface area (Å²) < 4.78 is 27.1. The Morgan fingerprint density at radius 1 is 1.28 bits per heavy atom. The van der Waals surface area contributed by atoms with Crippen molar-refractivity contribution in [3.8, 4) is 5.69 Å². The quantitative estimate of drug-likeness (QED) is 0.492. The molecule has 0 saturated carbocycles. The molecule has 0 saturated heterocycles. The fraction of sp³-hybridized carbons (Fsp3) is 0.227. The first-order chi connectivity index (χ1) is 15.2. The molecule has 2 aromatic carbocycles. The molecule has 0 spiro atoms. The molecule has 1 amide bonds. The van der Waals surface area contributed by atoms with Crippen LogP contribution in [0.3, 0.4) is 0 Å². The highest BCUT2D eigenvalue weighted by molar-refractivity contribution is 6.32. The molecule has 7 nitrogen and oxygen atoms in total. The third kappa shape index (κ3) is 4.95. The maximum atomic E-state index is 13.1. The third-order valence-corrected chi connectivity index (χ3v) is 5.05. The van der Waals surface area contributed by atoms with E-state index in [0.29, 0.717) is 17.8 Å². The second-order valence-corrected chi connectivity index (χ2v) is 7.49. The van der Waals surface area contributed by atoms with Crippen LogP contribution < -0.4 is 21.9 Å². The van der Waals surface area contributed by atoms with Crippen LogP contribution in [0.5, 0.6) is 0 Å². The van der Waals surface area contributed by atoms with Crippen LogP contribution in [0.15, 0.2) is 47.5 Å². The minimum atomic E-state index is -2.72. The average Bonchev–Trinajstić information content (AvgIpc) is 2.73. The molecule has 168 valence electrons. The van der Waals surface area contributed by atoms with Crippen molar-refractivity contribution in [2.45, 2.75) is 26.8 Å². The van der Waals surface area contributed by atoms with Crippen molar-refractivity contribution in [2.24, 2.45) is 0 Å². The van der Waals surface area contributed by atoms with E-state index in [2.05, 4.69) is 15.6 Å². The number of amides is 1. The van der Waals surface area contributed by atoms with Gasteiger partial charge in [-0.05, 0) is 48.9 Å². The molecule has 0 radical (unpaired) electrons. The minimum Gasteiger partial charge on any atom is -0.383 e. The predicted octanol–water partition coefficient (Wildman–Crippen LogP) is 4.08. The zero-order valence-corrected chi connectivity index (χ0v) is 18.2. The summed E-state index contributed by atoms with van der Waals surface area (Å²) in [5, 5.41) is 5.77. The lowest BCUT2D eigenvalue weighted by Gasteiger charge is -2.15. The smallest absolute Gasteiger partial charge is 0.273 e. The van der Waals surface area contributed by atoms with Gasteiger partial charge >= 0.3 is 0 Å². The number of carbonyl (C=O) groups is 1. The molecule has 0 aliphatic carbocycles. The third-order valence-electron chi connectivity index (χ3n) is 4.76. The SMILES string of the molecule is CCNCc1cccc(NC(=O)c2c(N)ncn(-c3c(C)cc(C(F)F)cc3Cl)c2=O)c1. The van der Waals surface area contributed by atoms with Crippen molar-refractivity contribution in [3.05, 3.63) is 80.4 Å². The lowest BCUT2D eigenvalue weighted by molar-refractivity contribution is 0.102. The van der Waals surface area contributed by atoms with E-state index in [-0.39, 0.29) is 27.7 Å². The Labute approximate surface area is 188 Å². The molecule has 10 heteroatoms. The maximum Gasteiger partial charge on any atom is 0.273 e. The number of aromatic nitrogens is 2. The van der Waals surface area contributed by atoms with Crippen LogP contribution in [0.2, 0.25) is 5.02 Å². The van der Waals surface area contributed by atoms with Crippen LogP contribution in [0.1, 0.15) is 40.4 Å². The molecule has 32 heavy (non-hydrogen) atoms. The molecule has 0 aliphatic heterocycles. The highest BCUT2D eigenvalue weighted by Gasteiger charge is 2.21. The molecule has 0 unspecified atom stereocenters. The van der Waals surface area contributed by atoms with Gasteiger partial charge in [-0.2, -0.15) is 0 Å². The van der Waals surface area contributed by atoms with Gasteiger partial charge in [0.25, 0.3) is 17.9 Å². The Morgan fingerprint density at radius 3 is 2.69 bits per heavy atom. The number of nitrogens with one attached hydrogen (secondary N) is 2. The number of hydrogen-bond acceptors (Lipinski definition) is 5. The van der Waals surface area contributed by atoms with Gasteiger partial charge in [0.2, 0.25) is 0 Å². The van der Waals surface area contributed by atoms with Gasteiger partial charge in [0, 0.05) is 17.8 Å². The first kappa shape index (κ1) is 23.4. The van der Waals surface area contributed by atoms with Gasteiger partial charge in [-0.3, -0.25) is 14.2 Å². The zero-order chi connectivity index (χ0) is 23.4. The Kier molecular flexibility index (Phi) is 7.22. The van der Waals surface area contributed by atoms with Crippen LogP contribution in [0, 0.1) is 6.92 Å². The molecule has 0 aliphatic rings. The normalized spacial score (nSPS) is 11.1. The number of carbonyl (C=O) groups excluding carboxylic acids is 1. The van der Waals surface area contributed by atoms with Crippen molar-refractivity contribution < 1.29 is 13.6 Å². The first-order valence-electron chi connectivity index (χ1n) is 9.79. The fourth-order valence-corrected chi connectivity index (χ4v) is 3.62. The lowest BCUT2D eigenvalue weighted by Crippen LogP contribution is -2.31. The molecular formula is C22H22ClF2N5O2. The standard InChI is InChI=1S/C22H22ClF2N5O2/c1-3-27-10-13-5-4-6-15(8-13)29-21(31)17-20(26)28-11-30(22(17)32)18-12(2)7-14(19(24)25)9-16(18)23/h4-9,11,19,27H,3,10,26H2,1-2H3,(H,29,31). The molecule has 1 heterocycles. The van der Waals surface area contributed by atoms with Crippen molar-refractivity contribution in [1.82, 2.24) is 14.9 Å². The summed E-state index contributed by atoms with van der Waals surface area (Å²) in [6, 6.07) is 9.44. The van der Waals surface area contributed by atoms with Gasteiger partial charge in [0.05, 0.1) is 10.7 Å². The van der Waals surface area contributed by atoms with Crippen LogP contribution in [-0.4, -0.2) is 22.0 Å². The number of anilines is 2. The van der Waals surface area contributed by atoms with E-state index in [1.165, 1.54) is 13.0 Å². The van der Waals surface area contributed by atoms with Gasteiger partial charge in [-0.1, -0.05) is 30.7 Å². The number of benzene rings is 2. The summed E-state index contributed by atoms with van der Waals surface area (Å²) in [4.78, 5) is 29.9. The first-order valence-corrected chi connectivity index (χ1v) is 10.2. The Morgan fingerprint density at radius 2 is 2.03 bits per heavy atom. The second kappa shape index (κ2) is 9.88. The highest BCUT2D eigenvalue weighted by atomic mass is 35.5. The van der Waals surface area contributed by atoms with Crippen LogP contribution in [0.25, 0.3) is 5.69 Å². The predicted molar refractivity (Wildman–Crippen MR) is 121 cm³/mol. The number of nitrogen functional groups attached to an aromatic ring is 1. The van der Waals surface area contributed by atoms with Crippen LogP contribution in [-0.2, 0) is 6.54 Å². The van der Waals surface area contributed by atoms with Crippen molar-refractivity contribution in [1.29, 1.82) is 0 Å². The summed E-state index contributed by atoms with van der Waals surface area (Å²) in [5.74, 6) is -1.00. The number of nitrogens with zero attached hydrogens (tertiary/aromatic N) is 2. The van der Waals surface area contributed by atoms with Gasteiger partial charge < -0.3 is 16.4 Å². The summed E-state index contributed by atoms with van der Waals surface area (Å²) in [6.07, 6.45) is -1.60. The van der Waals surface area contributed by atoms with Gasteiger partial charge in [-0.15, -0.1) is 0 Å². The van der Waals surface area contributed by atoms with Crippen LogP contribution >= 0.6 is 11.6 Å². The number of alkyl halides is 2. The van der Waals surface area contributed by atoms with E-state index in [1.807, 2.05) is 13.0 Å². The number of nitrogens with two attached hydrogens (primary N) is 1. The van der Waals surface area contributed by atoms with Gasteiger partial charge in [0.1, 0.15) is 17.7 Å². The summed E-state index contributed by atoms with van der Waals surface area (Å²) in [5.41, 5.74) is 6.31. The fourth-order valence-electron chi connectivity index (χ4n) is 3.26. The topological polar surface area (TPSA) is 102 Å². The molecule has 0 bridgehead atoms. The van der Waals surface area contributed by atoms with E-state index in [4.69, 9.17) is 17.3 Å². The minimum absolute atomic E-state index is 0.0727. The van der Waals surface area contributed by atoms with Crippen molar-refractivity contribution in [2.75, 3.05) is 17.6 Å². The summed E-state index contributed by atoms with van der Waals surface area (Å²) >= 11 is 6.19. The molecule has 0 fully saturated rings. The number of hydrogen-bond donors (Lipinski definition) is 3. The summed E-state index contributed by atoms with van der Waals surface area (Å²) in [7, 11) is 0. The van der Waals surface area contributed by atoms with E-state index in [9.17, 15) is 18.4 Å². The molecule has 3 rings (SSSR count). The average molecular weight is 462 g/mol. The zero-order valence-electron chi connectivity index (χ0n) is 17.5. The van der Waals surface area contributed by atoms with Gasteiger partial charge in [-0.25, -0.2) is 13.8 Å².